The molecule has 3 heteroatoms. The second-order valence-electron chi connectivity index (χ2n) is 5.10. The summed E-state index contributed by atoms with van der Waals surface area (Å²) < 4.78 is 5.50. The number of benzene rings is 1. The first-order valence-corrected chi connectivity index (χ1v) is 6.24. The van der Waals surface area contributed by atoms with E-state index in [4.69, 9.17) is 4.74 Å². The van der Waals surface area contributed by atoms with Gasteiger partial charge < -0.3 is 4.74 Å². The molecule has 2 fully saturated rings. The van der Waals surface area contributed by atoms with Crippen molar-refractivity contribution in [1.29, 1.82) is 0 Å². The fraction of sp³-hybridized carbons (Fsp3) is 0.500. The lowest BCUT2D eigenvalue weighted by Crippen LogP contribution is -2.32. The summed E-state index contributed by atoms with van der Waals surface area (Å²) in [5, 5.41) is 0. The summed E-state index contributed by atoms with van der Waals surface area (Å²) in [5.74, 6) is -0.0217. The van der Waals surface area contributed by atoms with Gasteiger partial charge in [0, 0.05) is 32.5 Å². The van der Waals surface area contributed by atoms with Gasteiger partial charge >= 0.3 is 5.97 Å². The Morgan fingerprint density at radius 1 is 1.24 bits per heavy atom. The Morgan fingerprint density at radius 3 is 2.76 bits per heavy atom. The summed E-state index contributed by atoms with van der Waals surface area (Å²) in [5.41, 5.74) is 1.17. The Labute approximate surface area is 101 Å². The van der Waals surface area contributed by atoms with Gasteiger partial charge in [0.05, 0.1) is 0 Å². The van der Waals surface area contributed by atoms with Crippen LogP contribution in [-0.4, -0.2) is 29.6 Å². The number of nitrogens with zero attached hydrogens (tertiary/aromatic N) is 1. The molecular formula is C14H17NO2. The summed E-state index contributed by atoms with van der Waals surface area (Å²) >= 11 is 0. The minimum Gasteiger partial charge on any atom is -0.458 e. The molecule has 17 heavy (non-hydrogen) atoms. The van der Waals surface area contributed by atoms with Gasteiger partial charge in [0.1, 0.15) is 5.60 Å². The highest BCUT2D eigenvalue weighted by atomic mass is 16.6. The minimum absolute atomic E-state index is 0.0217. The largest absolute Gasteiger partial charge is 0.458 e. The van der Waals surface area contributed by atoms with Crippen LogP contribution in [0.4, 0.5) is 0 Å². The van der Waals surface area contributed by atoms with Gasteiger partial charge in [0.25, 0.3) is 0 Å². The molecule has 3 nitrogen and oxygen atoms in total. The highest BCUT2D eigenvalue weighted by Gasteiger charge is 2.45. The highest BCUT2D eigenvalue weighted by molar-refractivity contribution is 5.72. The van der Waals surface area contributed by atoms with Crippen LogP contribution in [0.15, 0.2) is 30.3 Å². The number of hydrogen-bond acceptors (Lipinski definition) is 3. The molecule has 0 bridgehead atoms. The van der Waals surface area contributed by atoms with Crippen molar-refractivity contribution < 1.29 is 9.53 Å². The average Bonchev–Trinajstić information content (AvgIpc) is 2.88. The molecule has 0 N–H and O–H groups in total. The third-order valence-corrected chi connectivity index (χ3v) is 3.76. The van der Waals surface area contributed by atoms with E-state index in [0.29, 0.717) is 6.42 Å². The lowest BCUT2D eigenvalue weighted by Gasteiger charge is -2.22. The molecule has 0 saturated carbocycles. The summed E-state index contributed by atoms with van der Waals surface area (Å²) in [6, 6.07) is 10.5. The molecule has 1 atom stereocenters. The average molecular weight is 231 g/mol. The van der Waals surface area contributed by atoms with Crippen LogP contribution in [0, 0.1) is 0 Å². The van der Waals surface area contributed by atoms with Crippen LogP contribution in [0.5, 0.6) is 0 Å². The van der Waals surface area contributed by atoms with Crippen LogP contribution >= 0.6 is 0 Å². The van der Waals surface area contributed by atoms with Gasteiger partial charge in [0.2, 0.25) is 0 Å². The summed E-state index contributed by atoms with van der Waals surface area (Å²) in [6.45, 7) is 2.88. The smallest absolute Gasteiger partial charge is 0.306 e. The molecule has 1 unspecified atom stereocenters. The Morgan fingerprint density at radius 2 is 2.06 bits per heavy atom. The van der Waals surface area contributed by atoms with E-state index in [9.17, 15) is 4.79 Å². The van der Waals surface area contributed by atoms with Crippen molar-refractivity contribution in [3.63, 3.8) is 0 Å². The Kier molecular flexibility index (Phi) is 2.63. The lowest BCUT2D eigenvalue weighted by molar-refractivity contribution is -0.147. The number of carbonyl (C=O) groups excluding carboxylic acids is 1. The van der Waals surface area contributed by atoms with Crippen molar-refractivity contribution in [1.82, 2.24) is 4.90 Å². The molecule has 1 spiro atoms. The number of hydrogen-bond donors (Lipinski definition) is 0. The minimum atomic E-state index is -0.161. The maximum absolute atomic E-state index is 11.2. The predicted molar refractivity (Wildman–Crippen MR) is 64.4 cm³/mol. The Hall–Kier alpha value is -1.35. The van der Waals surface area contributed by atoms with E-state index in [0.717, 1.165) is 32.5 Å². The van der Waals surface area contributed by atoms with Crippen molar-refractivity contribution in [2.24, 2.45) is 0 Å². The lowest BCUT2D eigenvalue weighted by atomic mass is 10.00. The van der Waals surface area contributed by atoms with E-state index >= 15 is 0 Å². The monoisotopic (exact) mass is 231 g/mol. The van der Waals surface area contributed by atoms with Gasteiger partial charge in [-0.3, -0.25) is 9.69 Å². The van der Waals surface area contributed by atoms with E-state index in [-0.39, 0.29) is 11.6 Å². The maximum atomic E-state index is 11.2. The molecule has 0 aromatic heterocycles. The van der Waals surface area contributed by atoms with Crippen LogP contribution in [0.3, 0.4) is 0 Å². The fourth-order valence-corrected chi connectivity index (χ4v) is 2.86. The zero-order chi connectivity index (χ0) is 11.7. The molecule has 3 rings (SSSR count). The van der Waals surface area contributed by atoms with Crippen LogP contribution < -0.4 is 0 Å². The van der Waals surface area contributed by atoms with Crippen molar-refractivity contribution in [3.8, 4) is 0 Å². The van der Waals surface area contributed by atoms with Crippen molar-refractivity contribution in [2.75, 3.05) is 13.1 Å². The highest BCUT2D eigenvalue weighted by Crippen LogP contribution is 2.35. The predicted octanol–water partition coefficient (Wildman–Crippen LogP) is 1.97. The molecule has 0 radical (unpaired) electrons. The third-order valence-electron chi connectivity index (χ3n) is 3.76. The summed E-state index contributed by atoms with van der Waals surface area (Å²) in [7, 11) is 0. The van der Waals surface area contributed by atoms with E-state index < -0.39 is 0 Å². The molecule has 2 saturated heterocycles. The van der Waals surface area contributed by atoms with Gasteiger partial charge in [0.15, 0.2) is 0 Å². The van der Waals surface area contributed by atoms with Crippen LogP contribution in [0.1, 0.15) is 24.8 Å². The first-order valence-electron chi connectivity index (χ1n) is 6.24. The zero-order valence-corrected chi connectivity index (χ0v) is 9.89. The molecule has 2 aliphatic heterocycles. The number of rotatable bonds is 2. The van der Waals surface area contributed by atoms with Gasteiger partial charge in [-0.2, -0.15) is 0 Å². The summed E-state index contributed by atoms with van der Waals surface area (Å²) in [6.07, 6.45) is 2.49. The fourth-order valence-electron chi connectivity index (χ4n) is 2.86. The normalized spacial score (nSPS) is 28.8. The van der Waals surface area contributed by atoms with Crippen LogP contribution in [0.25, 0.3) is 0 Å². The second-order valence-corrected chi connectivity index (χ2v) is 5.10. The molecule has 0 aliphatic carbocycles. The molecule has 2 heterocycles. The topological polar surface area (TPSA) is 29.5 Å². The van der Waals surface area contributed by atoms with Gasteiger partial charge in [-0.15, -0.1) is 0 Å². The first kappa shape index (κ1) is 10.8. The number of likely N-dealkylation sites (tertiary alicyclic amines) is 1. The third kappa shape index (κ3) is 2.20. The van der Waals surface area contributed by atoms with E-state index in [1.807, 2.05) is 6.07 Å². The molecule has 0 amide bonds. The molecular weight excluding hydrogens is 214 g/mol. The molecule has 90 valence electrons. The number of carbonyl (C=O) groups is 1. The molecule has 1 aromatic carbocycles. The van der Waals surface area contributed by atoms with Crippen molar-refractivity contribution >= 4 is 5.97 Å². The zero-order valence-electron chi connectivity index (χ0n) is 9.89. The second kappa shape index (κ2) is 4.15. The quantitative estimate of drug-likeness (QED) is 0.729. The maximum Gasteiger partial charge on any atom is 0.306 e. The number of esters is 1. The van der Waals surface area contributed by atoms with Crippen molar-refractivity contribution in [3.05, 3.63) is 35.9 Å². The first-order chi connectivity index (χ1) is 8.26. The standard InChI is InChI=1S/C14H17NO2/c16-13-6-7-14(17-13)8-9-15(11-14)10-12-4-2-1-3-5-12/h1-5H,6-11H2. The number of ether oxygens (including phenoxy) is 1. The van der Waals surface area contributed by atoms with Gasteiger partial charge in [-0.05, 0) is 12.0 Å². The van der Waals surface area contributed by atoms with Gasteiger partial charge in [-0.25, -0.2) is 0 Å². The van der Waals surface area contributed by atoms with E-state index in [2.05, 4.69) is 29.2 Å². The Balaban J connectivity index is 1.63. The van der Waals surface area contributed by atoms with Gasteiger partial charge in [-0.1, -0.05) is 30.3 Å². The Bertz CT molecular complexity index is 417. The van der Waals surface area contributed by atoms with Crippen LogP contribution in [-0.2, 0) is 16.1 Å². The van der Waals surface area contributed by atoms with E-state index in [1.54, 1.807) is 0 Å². The van der Waals surface area contributed by atoms with Crippen molar-refractivity contribution in [2.45, 2.75) is 31.4 Å². The molecule has 2 aliphatic rings. The van der Waals surface area contributed by atoms with E-state index in [1.165, 1.54) is 5.56 Å². The summed E-state index contributed by atoms with van der Waals surface area (Å²) in [4.78, 5) is 13.6. The SMILES string of the molecule is O=C1CCC2(CCN(Cc3ccccc3)C2)O1. The molecule has 1 aromatic rings. The van der Waals surface area contributed by atoms with Crippen LogP contribution in [0.2, 0.25) is 0 Å².